The highest BCUT2D eigenvalue weighted by Crippen LogP contribution is 2.21. The Morgan fingerprint density at radius 3 is 1.85 bits per heavy atom. The van der Waals surface area contributed by atoms with Crippen LogP contribution >= 0.6 is 23.2 Å². The number of halogens is 2. The van der Waals surface area contributed by atoms with Crippen molar-refractivity contribution in [2.24, 2.45) is 5.92 Å². The number of rotatable bonds is 8. The van der Waals surface area contributed by atoms with E-state index in [0.717, 1.165) is 25.7 Å². The molecule has 0 spiro atoms. The minimum absolute atomic E-state index is 0.260. The molecule has 1 atom stereocenters. The van der Waals surface area contributed by atoms with Crippen molar-refractivity contribution in [1.82, 2.24) is 4.90 Å². The molecule has 1 unspecified atom stereocenters. The van der Waals surface area contributed by atoms with Gasteiger partial charge in [-0.05, 0) is 48.7 Å². The summed E-state index contributed by atoms with van der Waals surface area (Å²) in [5.41, 5.74) is 0.812. The van der Waals surface area contributed by atoms with Gasteiger partial charge in [0.15, 0.2) is 0 Å². The third-order valence-electron chi connectivity index (χ3n) is 4.62. The molecule has 2 amide bonds. The minimum atomic E-state index is -0.336. The maximum atomic E-state index is 13.1. The number of hydrogen-bond donors (Lipinski definition) is 0. The van der Waals surface area contributed by atoms with Gasteiger partial charge in [-0.25, -0.2) is 0 Å². The van der Waals surface area contributed by atoms with E-state index < -0.39 is 0 Å². The van der Waals surface area contributed by atoms with E-state index in [4.69, 9.17) is 23.2 Å². The van der Waals surface area contributed by atoms with Crippen molar-refractivity contribution in [3.8, 4) is 0 Å². The molecule has 3 nitrogen and oxygen atoms in total. The molecular weight excluding hydrogens is 381 g/mol. The van der Waals surface area contributed by atoms with Crippen molar-refractivity contribution >= 4 is 35.0 Å². The van der Waals surface area contributed by atoms with Crippen LogP contribution in [-0.4, -0.2) is 23.3 Å². The number of imide groups is 1. The van der Waals surface area contributed by atoms with E-state index in [9.17, 15) is 9.59 Å². The Morgan fingerprint density at radius 2 is 1.44 bits per heavy atom. The smallest absolute Gasteiger partial charge is 0.260 e. The highest BCUT2D eigenvalue weighted by Gasteiger charge is 2.26. The average Bonchev–Trinajstić information content (AvgIpc) is 2.67. The second kappa shape index (κ2) is 10.5. The molecule has 0 saturated heterocycles. The van der Waals surface area contributed by atoms with Crippen LogP contribution in [0.15, 0.2) is 48.5 Å². The van der Waals surface area contributed by atoms with E-state index in [1.807, 2.05) is 0 Å². The standard InChI is InChI=1S/C22H25Cl2NO2/c1-3-5-8-16(4-2)15-25(21(26)17-9-6-11-19(23)13-17)22(27)18-10-7-12-20(24)14-18/h6-7,9-14,16H,3-5,8,15H2,1-2H3. The maximum Gasteiger partial charge on any atom is 0.260 e. The Bertz CT molecular complexity index is 734. The third kappa shape index (κ3) is 6.08. The van der Waals surface area contributed by atoms with Crippen LogP contribution in [0.5, 0.6) is 0 Å². The quantitative estimate of drug-likeness (QED) is 0.470. The molecule has 0 aliphatic carbocycles. The molecule has 0 radical (unpaired) electrons. The molecule has 0 aromatic heterocycles. The van der Waals surface area contributed by atoms with Gasteiger partial charge in [0.25, 0.3) is 11.8 Å². The summed E-state index contributed by atoms with van der Waals surface area (Å²) in [5.74, 6) is -0.411. The molecule has 2 aromatic carbocycles. The number of carbonyl (C=O) groups is 2. The molecule has 2 rings (SSSR count). The summed E-state index contributed by atoms with van der Waals surface area (Å²) in [5, 5.41) is 0.933. The van der Waals surface area contributed by atoms with Gasteiger partial charge < -0.3 is 0 Å². The third-order valence-corrected chi connectivity index (χ3v) is 5.09. The zero-order valence-electron chi connectivity index (χ0n) is 15.8. The predicted octanol–water partition coefficient (Wildman–Crippen LogP) is 6.49. The Balaban J connectivity index is 2.35. The van der Waals surface area contributed by atoms with E-state index in [1.165, 1.54) is 4.90 Å². The van der Waals surface area contributed by atoms with Gasteiger partial charge in [-0.2, -0.15) is 0 Å². The molecule has 27 heavy (non-hydrogen) atoms. The molecule has 0 aliphatic rings. The van der Waals surface area contributed by atoms with E-state index in [-0.39, 0.29) is 17.7 Å². The first-order valence-electron chi connectivity index (χ1n) is 9.33. The molecule has 0 fully saturated rings. The summed E-state index contributed by atoms with van der Waals surface area (Å²) in [6, 6.07) is 13.4. The first-order chi connectivity index (χ1) is 13.0. The second-order valence-corrected chi connectivity index (χ2v) is 7.53. The SMILES string of the molecule is CCCCC(CC)CN(C(=O)c1cccc(Cl)c1)C(=O)c1cccc(Cl)c1. The van der Waals surface area contributed by atoms with Crippen LogP contribution in [0.1, 0.15) is 60.2 Å². The summed E-state index contributed by atoms with van der Waals surface area (Å²) in [4.78, 5) is 27.6. The van der Waals surface area contributed by atoms with E-state index in [2.05, 4.69) is 13.8 Å². The fraction of sp³-hybridized carbons (Fsp3) is 0.364. The van der Waals surface area contributed by atoms with Gasteiger partial charge in [-0.1, -0.05) is 68.4 Å². The van der Waals surface area contributed by atoms with Crippen LogP contribution in [-0.2, 0) is 0 Å². The molecule has 5 heteroatoms. The largest absolute Gasteiger partial charge is 0.274 e. The second-order valence-electron chi connectivity index (χ2n) is 6.66. The van der Waals surface area contributed by atoms with Gasteiger partial charge in [0, 0.05) is 27.7 Å². The zero-order chi connectivity index (χ0) is 19.8. The Hall–Kier alpha value is -1.84. The number of carbonyl (C=O) groups excluding carboxylic acids is 2. The van der Waals surface area contributed by atoms with Gasteiger partial charge in [0.05, 0.1) is 0 Å². The average molecular weight is 406 g/mol. The van der Waals surface area contributed by atoms with Crippen molar-refractivity contribution in [2.45, 2.75) is 39.5 Å². The van der Waals surface area contributed by atoms with E-state index >= 15 is 0 Å². The van der Waals surface area contributed by atoms with Crippen LogP contribution in [0.3, 0.4) is 0 Å². The summed E-state index contributed by atoms with van der Waals surface area (Å²) in [7, 11) is 0. The van der Waals surface area contributed by atoms with Gasteiger partial charge in [0.1, 0.15) is 0 Å². The van der Waals surface area contributed by atoms with Crippen molar-refractivity contribution < 1.29 is 9.59 Å². The van der Waals surface area contributed by atoms with Gasteiger partial charge in [-0.3, -0.25) is 14.5 Å². The monoisotopic (exact) mass is 405 g/mol. The fourth-order valence-corrected chi connectivity index (χ4v) is 3.37. The number of benzene rings is 2. The number of hydrogen-bond acceptors (Lipinski definition) is 2. The van der Waals surface area contributed by atoms with Crippen LogP contribution in [0.4, 0.5) is 0 Å². The lowest BCUT2D eigenvalue weighted by Gasteiger charge is -2.26. The summed E-state index contributed by atoms with van der Waals surface area (Å²) in [6.45, 7) is 4.61. The first-order valence-corrected chi connectivity index (χ1v) is 10.1. The normalized spacial score (nSPS) is 11.9. The molecule has 2 aromatic rings. The molecule has 0 heterocycles. The fourth-order valence-electron chi connectivity index (χ4n) is 2.99. The molecule has 0 bridgehead atoms. The number of unbranched alkanes of at least 4 members (excludes halogenated alkanes) is 1. The lowest BCUT2D eigenvalue weighted by atomic mass is 9.98. The van der Waals surface area contributed by atoms with Gasteiger partial charge >= 0.3 is 0 Å². The molecular formula is C22H25Cl2NO2. The Labute approximate surface area is 171 Å². The summed E-state index contributed by atoms with van der Waals surface area (Å²) in [6.07, 6.45) is 4.04. The van der Waals surface area contributed by atoms with Crippen molar-refractivity contribution in [3.05, 3.63) is 69.7 Å². The topological polar surface area (TPSA) is 37.4 Å². The molecule has 0 saturated carbocycles. The first kappa shape index (κ1) is 21.5. The molecule has 0 aliphatic heterocycles. The number of nitrogens with zero attached hydrogens (tertiary/aromatic N) is 1. The minimum Gasteiger partial charge on any atom is -0.274 e. The highest BCUT2D eigenvalue weighted by molar-refractivity contribution is 6.31. The van der Waals surface area contributed by atoms with Gasteiger partial charge in [0.2, 0.25) is 0 Å². The molecule has 0 N–H and O–H groups in total. The van der Waals surface area contributed by atoms with E-state index in [1.54, 1.807) is 48.5 Å². The highest BCUT2D eigenvalue weighted by atomic mass is 35.5. The van der Waals surface area contributed by atoms with Crippen molar-refractivity contribution in [3.63, 3.8) is 0 Å². The summed E-state index contributed by atoms with van der Waals surface area (Å²) < 4.78 is 0. The van der Waals surface area contributed by atoms with Crippen molar-refractivity contribution in [2.75, 3.05) is 6.54 Å². The lowest BCUT2D eigenvalue weighted by Crippen LogP contribution is -2.40. The van der Waals surface area contributed by atoms with Gasteiger partial charge in [-0.15, -0.1) is 0 Å². The van der Waals surface area contributed by atoms with Crippen LogP contribution in [0.25, 0.3) is 0 Å². The van der Waals surface area contributed by atoms with Crippen LogP contribution in [0, 0.1) is 5.92 Å². The van der Waals surface area contributed by atoms with Crippen LogP contribution in [0.2, 0.25) is 10.0 Å². The summed E-state index contributed by atoms with van der Waals surface area (Å²) >= 11 is 12.1. The zero-order valence-corrected chi connectivity index (χ0v) is 17.3. The van der Waals surface area contributed by atoms with Crippen LogP contribution < -0.4 is 0 Å². The predicted molar refractivity (Wildman–Crippen MR) is 112 cm³/mol. The lowest BCUT2D eigenvalue weighted by molar-refractivity contribution is 0.0585. The van der Waals surface area contributed by atoms with Crippen molar-refractivity contribution in [1.29, 1.82) is 0 Å². The Kier molecular flexibility index (Phi) is 8.33. The molecule has 144 valence electrons. The maximum absolute atomic E-state index is 13.1. The van der Waals surface area contributed by atoms with E-state index in [0.29, 0.717) is 27.7 Å². The Morgan fingerprint density at radius 1 is 0.926 bits per heavy atom. The number of amides is 2.